The summed E-state index contributed by atoms with van der Waals surface area (Å²) in [4.78, 5) is 13.7. The van der Waals surface area contributed by atoms with Crippen molar-refractivity contribution in [1.29, 1.82) is 0 Å². The Morgan fingerprint density at radius 2 is 2.22 bits per heavy atom. The molecule has 1 saturated heterocycles. The lowest BCUT2D eigenvalue weighted by molar-refractivity contribution is -0.137. The fourth-order valence-electron chi connectivity index (χ4n) is 2.10. The fraction of sp³-hybridized carbons (Fsp3) is 0.308. The maximum Gasteiger partial charge on any atom is 0.253 e. The highest BCUT2D eigenvalue weighted by Crippen LogP contribution is 2.29. The van der Waals surface area contributed by atoms with Gasteiger partial charge in [-0.25, -0.2) is 0 Å². The Morgan fingerprint density at radius 1 is 1.44 bits per heavy atom. The van der Waals surface area contributed by atoms with Crippen molar-refractivity contribution in [2.75, 3.05) is 19.7 Å². The van der Waals surface area contributed by atoms with Crippen molar-refractivity contribution < 1.29 is 14.6 Å². The third-order valence-corrected chi connectivity index (χ3v) is 3.34. The highest BCUT2D eigenvalue weighted by atomic mass is 35.5. The summed E-state index contributed by atoms with van der Waals surface area (Å²) in [6.45, 7) is 1.07. The van der Waals surface area contributed by atoms with Crippen molar-refractivity contribution in [1.82, 2.24) is 4.90 Å². The molecule has 0 atom stereocenters. The zero-order chi connectivity index (χ0) is 12.7. The number of nitrogens with zero attached hydrogens (tertiary/aromatic N) is 1. The number of likely N-dealkylation sites (tertiary alicyclic amines) is 1. The van der Waals surface area contributed by atoms with Gasteiger partial charge in [0.1, 0.15) is 12.4 Å². The van der Waals surface area contributed by atoms with Gasteiger partial charge in [-0.2, -0.15) is 0 Å². The molecule has 3 rings (SSSR count). The number of aliphatic hydroxyl groups is 1. The predicted molar refractivity (Wildman–Crippen MR) is 67.5 cm³/mol. The summed E-state index contributed by atoms with van der Waals surface area (Å²) in [5, 5.41) is 9.81. The normalized spacial score (nSPS) is 18.6. The summed E-state index contributed by atoms with van der Waals surface area (Å²) >= 11 is 5.91. The van der Waals surface area contributed by atoms with Crippen molar-refractivity contribution in [3.63, 3.8) is 0 Å². The van der Waals surface area contributed by atoms with Gasteiger partial charge in [0, 0.05) is 23.7 Å². The van der Waals surface area contributed by atoms with Gasteiger partial charge in [-0.15, -0.1) is 0 Å². The van der Waals surface area contributed by atoms with Crippen molar-refractivity contribution in [2.45, 2.75) is 6.10 Å². The second-order valence-electron chi connectivity index (χ2n) is 4.50. The maximum atomic E-state index is 12.1. The molecule has 2 heterocycles. The number of ether oxygens (including phenoxy) is 1. The number of amides is 1. The lowest BCUT2D eigenvalue weighted by Crippen LogP contribution is -2.54. The van der Waals surface area contributed by atoms with Gasteiger partial charge >= 0.3 is 0 Å². The molecule has 2 aliphatic heterocycles. The second-order valence-corrected chi connectivity index (χ2v) is 4.94. The highest BCUT2D eigenvalue weighted by Gasteiger charge is 2.31. The molecule has 1 aromatic rings. The molecule has 5 heteroatoms. The van der Waals surface area contributed by atoms with E-state index in [1.165, 1.54) is 0 Å². The molecule has 2 aliphatic rings. The van der Waals surface area contributed by atoms with Gasteiger partial charge in [-0.05, 0) is 24.3 Å². The first-order valence-electron chi connectivity index (χ1n) is 5.74. The van der Waals surface area contributed by atoms with Gasteiger partial charge in [-0.3, -0.25) is 4.79 Å². The quantitative estimate of drug-likeness (QED) is 0.833. The van der Waals surface area contributed by atoms with Crippen molar-refractivity contribution in [3.05, 3.63) is 34.4 Å². The number of aliphatic hydroxyl groups excluding tert-OH is 1. The summed E-state index contributed by atoms with van der Waals surface area (Å²) in [6.07, 6.45) is 1.42. The minimum absolute atomic E-state index is 0.0778. The van der Waals surface area contributed by atoms with E-state index in [9.17, 15) is 9.90 Å². The van der Waals surface area contributed by atoms with E-state index in [0.29, 0.717) is 23.7 Å². The van der Waals surface area contributed by atoms with Crippen LogP contribution in [0.5, 0.6) is 5.75 Å². The van der Waals surface area contributed by atoms with Crippen LogP contribution in [0, 0.1) is 0 Å². The van der Waals surface area contributed by atoms with Crippen LogP contribution in [-0.2, 0) is 4.79 Å². The molecule has 0 unspecified atom stereocenters. The van der Waals surface area contributed by atoms with E-state index in [4.69, 9.17) is 16.3 Å². The van der Waals surface area contributed by atoms with Crippen LogP contribution in [0.4, 0.5) is 0 Å². The van der Waals surface area contributed by atoms with Crippen LogP contribution < -0.4 is 4.74 Å². The third-order valence-electron chi connectivity index (χ3n) is 3.11. The van der Waals surface area contributed by atoms with Gasteiger partial charge in [0.25, 0.3) is 5.91 Å². The smallest absolute Gasteiger partial charge is 0.253 e. The van der Waals surface area contributed by atoms with E-state index < -0.39 is 0 Å². The number of fused-ring (bicyclic) bond motifs is 1. The Hall–Kier alpha value is -1.52. The largest absolute Gasteiger partial charge is 0.488 e. The topological polar surface area (TPSA) is 49.8 Å². The standard InChI is InChI=1S/C13H12ClNO3/c14-10-1-2-12-8(4-10)3-9(7-18-12)13(17)15-5-11(16)6-15/h1-4,11,16H,5-7H2. The SMILES string of the molecule is O=C(C1=Cc2cc(Cl)ccc2OC1)N1CC(O)C1. The Morgan fingerprint density at radius 3 is 2.94 bits per heavy atom. The van der Waals surface area contributed by atoms with Gasteiger partial charge < -0.3 is 14.7 Å². The number of hydrogen-bond donors (Lipinski definition) is 1. The number of benzene rings is 1. The zero-order valence-electron chi connectivity index (χ0n) is 9.60. The van der Waals surface area contributed by atoms with E-state index in [1.807, 2.05) is 0 Å². The number of halogens is 1. The average Bonchev–Trinajstić information content (AvgIpc) is 2.33. The van der Waals surface area contributed by atoms with Crippen molar-refractivity contribution >= 4 is 23.6 Å². The average molecular weight is 266 g/mol. The number of hydrogen-bond acceptors (Lipinski definition) is 3. The van der Waals surface area contributed by atoms with Gasteiger partial charge in [-0.1, -0.05) is 11.6 Å². The van der Waals surface area contributed by atoms with Crippen molar-refractivity contribution in [3.8, 4) is 5.75 Å². The van der Waals surface area contributed by atoms with Gasteiger partial charge in [0.05, 0.1) is 11.7 Å². The zero-order valence-corrected chi connectivity index (χ0v) is 10.4. The molecule has 0 spiro atoms. The molecule has 0 aliphatic carbocycles. The minimum atomic E-state index is -0.388. The first-order chi connectivity index (χ1) is 8.63. The molecule has 0 aromatic heterocycles. The van der Waals surface area contributed by atoms with Crippen LogP contribution in [0.3, 0.4) is 0 Å². The van der Waals surface area contributed by atoms with E-state index >= 15 is 0 Å². The molecular formula is C13H12ClNO3. The first kappa shape index (κ1) is 11.6. The van der Waals surface area contributed by atoms with Crippen LogP contribution in [0.1, 0.15) is 5.56 Å². The molecule has 1 N–H and O–H groups in total. The molecule has 1 fully saturated rings. The molecule has 1 aromatic carbocycles. The van der Waals surface area contributed by atoms with Crippen LogP contribution in [0.15, 0.2) is 23.8 Å². The lowest BCUT2D eigenvalue weighted by atomic mass is 10.0. The molecule has 1 amide bonds. The molecule has 0 radical (unpaired) electrons. The van der Waals surface area contributed by atoms with Crippen molar-refractivity contribution in [2.24, 2.45) is 0 Å². The summed E-state index contributed by atoms with van der Waals surface area (Å²) in [5.41, 5.74) is 1.41. The number of carbonyl (C=O) groups is 1. The minimum Gasteiger partial charge on any atom is -0.488 e. The molecule has 4 nitrogen and oxygen atoms in total. The molecule has 0 saturated carbocycles. The molecule has 18 heavy (non-hydrogen) atoms. The van der Waals surface area contributed by atoms with Crippen LogP contribution in [0.2, 0.25) is 5.02 Å². The Kier molecular flexibility index (Phi) is 2.76. The maximum absolute atomic E-state index is 12.1. The number of β-amino-alcohol motifs (C(OH)–C–C–N with tert-alkyl or cyclic N) is 1. The van der Waals surface area contributed by atoms with Gasteiger partial charge in [0.15, 0.2) is 0 Å². The summed E-state index contributed by atoms with van der Waals surface area (Å²) in [5.74, 6) is 0.658. The first-order valence-corrected chi connectivity index (χ1v) is 6.11. The van der Waals surface area contributed by atoms with E-state index in [2.05, 4.69) is 0 Å². The summed E-state index contributed by atoms with van der Waals surface area (Å²) in [7, 11) is 0. The monoisotopic (exact) mass is 265 g/mol. The van der Waals surface area contributed by atoms with Gasteiger partial charge in [0.2, 0.25) is 0 Å². The Bertz CT molecular complexity index is 535. The summed E-state index contributed by atoms with van der Waals surface area (Å²) < 4.78 is 5.52. The van der Waals surface area contributed by atoms with Crippen LogP contribution in [-0.4, -0.2) is 41.7 Å². The fourth-order valence-corrected chi connectivity index (χ4v) is 2.28. The van der Waals surface area contributed by atoms with Crippen LogP contribution >= 0.6 is 11.6 Å². The highest BCUT2D eigenvalue weighted by molar-refractivity contribution is 6.30. The van der Waals surface area contributed by atoms with Crippen LogP contribution in [0.25, 0.3) is 6.08 Å². The predicted octanol–water partition coefficient (Wildman–Crippen LogP) is 1.32. The Balaban J connectivity index is 1.84. The summed E-state index contributed by atoms with van der Waals surface area (Å²) in [6, 6.07) is 5.32. The number of rotatable bonds is 1. The second kappa shape index (κ2) is 4.30. The molecular weight excluding hydrogens is 254 g/mol. The third kappa shape index (κ3) is 1.98. The number of carbonyl (C=O) groups excluding carboxylic acids is 1. The Labute approximate surface area is 109 Å². The van der Waals surface area contributed by atoms with E-state index in [0.717, 1.165) is 11.3 Å². The lowest BCUT2D eigenvalue weighted by Gasteiger charge is -2.36. The molecule has 94 valence electrons. The van der Waals surface area contributed by atoms with E-state index in [1.54, 1.807) is 29.2 Å². The van der Waals surface area contributed by atoms with E-state index in [-0.39, 0.29) is 18.6 Å². The molecule has 0 bridgehead atoms.